The van der Waals surface area contributed by atoms with Gasteiger partial charge in [0.25, 0.3) is 11.5 Å². The fourth-order valence-corrected chi connectivity index (χ4v) is 3.24. The van der Waals surface area contributed by atoms with Crippen LogP contribution in [0.25, 0.3) is 10.9 Å². The van der Waals surface area contributed by atoms with E-state index in [4.69, 9.17) is 33.0 Å². The van der Waals surface area contributed by atoms with Gasteiger partial charge in [-0.15, -0.1) is 0 Å². The Morgan fingerprint density at radius 2 is 1.76 bits per heavy atom. The summed E-state index contributed by atoms with van der Waals surface area (Å²) in [5.74, 6) is -2.10. The highest BCUT2D eigenvalue weighted by atomic mass is 35.5. The van der Waals surface area contributed by atoms with E-state index in [9.17, 15) is 19.5 Å². The Morgan fingerprint density at radius 3 is 2.38 bits per heavy atom. The van der Waals surface area contributed by atoms with Crippen LogP contribution in [0.4, 0.5) is 0 Å². The summed E-state index contributed by atoms with van der Waals surface area (Å²) >= 11 is 11.9. The fourth-order valence-electron chi connectivity index (χ4n) is 2.74. The monoisotopic (exact) mass is 436 g/mol. The zero-order valence-electron chi connectivity index (χ0n) is 14.9. The number of carboxylic acids is 1. The largest absolute Gasteiger partial charge is 0.506 e. The van der Waals surface area contributed by atoms with E-state index in [-0.39, 0.29) is 5.39 Å². The van der Waals surface area contributed by atoms with Crippen molar-refractivity contribution in [1.82, 2.24) is 9.88 Å². The Balaban J connectivity index is 2.05. The summed E-state index contributed by atoms with van der Waals surface area (Å²) in [7, 11) is 1.41. The topological polar surface area (TPSA) is 118 Å². The van der Waals surface area contributed by atoms with Crippen LogP contribution in [0, 0.1) is 0 Å². The highest BCUT2D eigenvalue weighted by molar-refractivity contribution is 6.34. The number of aromatic nitrogens is 1. The second-order valence-corrected chi connectivity index (χ2v) is 6.92. The van der Waals surface area contributed by atoms with Crippen molar-refractivity contribution in [3.63, 3.8) is 0 Å². The molecule has 0 unspecified atom stereocenters. The number of nitrogens with zero attached hydrogens (tertiary/aromatic N) is 1. The molecule has 0 aliphatic carbocycles. The molecule has 1 amide bonds. The summed E-state index contributed by atoms with van der Waals surface area (Å²) in [5.41, 5.74) is -1.04. The molecule has 3 aromatic rings. The number of benzene rings is 2. The number of carbonyl (C=O) groups is 2. The number of fused-ring (bicyclic) bond motifs is 1. The van der Waals surface area contributed by atoms with Crippen LogP contribution in [0.1, 0.15) is 10.4 Å². The molecule has 0 atom stereocenters. The summed E-state index contributed by atoms with van der Waals surface area (Å²) < 4.78 is 6.87. The molecule has 0 aliphatic rings. The van der Waals surface area contributed by atoms with Crippen molar-refractivity contribution in [1.29, 1.82) is 0 Å². The molecule has 3 rings (SSSR count). The predicted octanol–water partition coefficient (Wildman–Crippen LogP) is 3.16. The third-order valence-electron chi connectivity index (χ3n) is 4.04. The summed E-state index contributed by atoms with van der Waals surface area (Å²) in [6.45, 7) is -0.686. The van der Waals surface area contributed by atoms with Gasteiger partial charge >= 0.3 is 5.97 Å². The summed E-state index contributed by atoms with van der Waals surface area (Å²) in [6, 6.07) is 9.17. The van der Waals surface area contributed by atoms with E-state index in [1.165, 1.54) is 25.2 Å². The summed E-state index contributed by atoms with van der Waals surface area (Å²) in [5, 5.41) is 22.2. The molecule has 0 radical (unpaired) electrons. The lowest BCUT2D eigenvalue weighted by Crippen LogP contribution is -2.35. The number of amides is 1. The first-order valence-electron chi connectivity index (χ1n) is 8.17. The van der Waals surface area contributed by atoms with Crippen LogP contribution in [0.2, 0.25) is 10.0 Å². The first-order chi connectivity index (χ1) is 13.7. The van der Waals surface area contributed by atoms with E-state index in [1.807, 2.05) is 0 Å². The second-order valence-electron chi connectivity index (χ2n) is 6.05. The standard InChI is InChI=1S/C19H14Cl2N2O6/c1-23-14-7-11(29-12-5-9(20)4-10(21)6-12)2-3-13(14)17(26)16(19(23)28)18(27)22-8-15(24)25/h2-7,26H,8H2,1H3,(H,22,27)(H,24,25). The fraction of sp³-hybridized carbons (Fsp3) is 0.105. The molecule has 29 heavy (non-hydrogen) atoms. The molecule has 0 bridgehead atoms. The van der Waals surface area contributed by atoms with Crippen molar-refractivity contribution in [3.8, 4) is 17.2 Å². The minimum atomic E-state index is -1.28. The molecule has 2 aromatic carbocycles. The van der Waals surface area contributed by atoms with Gasteiger partial charge in [0.15, 0.2) is 0 Å². The van der Waals surface area contributed by atoms with Crippen molar-refractivity contribution in [2.24, 2.45) is 7.05 Å². The SMILES string of the molecule is Cn1c(=O)c(C(=O)NCC(=O)O)c(O)c2ccc(Oc3cc(Cl)cc(Cl)c3)cc21. The average molecular weight is 437 g/mol. The van der Waals surface area contributed by atoms with Crippen molar-refractivity contribution < 1.29 is 24.5 Å². The van der Waals surface area contributed by atoms with Gasteiger partial charge in [-0.25, -0.2) is 0 Å². The molecule has 10 heteroatoms. The number of hydrogen-bond donors (Lipinski definition) is 3. The van der Waals surface area contributed by atoms with Gasteiger partial charge in [0.2, 0.25) is 0 Å². The number of ether oxygens (including phenoxy) is 1. The van der Waals surface area contributed by atoms with Crippen LogP contribution in [0.15, 0.2) is 41.2 Å². The molecule has 0 saturated carbocycles. The number of rotatable bonds is 5. The quantitative estimate of drug-likeness (QED) is 0.565. The smallest absolute Gasteiger partial charge is 0.322 e. The van der Waals surface area contributed by atoms with Gasteiger partial charge in [0.05, 0.1) is 5.52 Å². The lowest BCUT2D eigenvalue weighted by Gasteiger charge is -2.13. The Kier molecular flexibility index (Phi) is 5.67. The molecule has 1 aromatic heterocycles. The third kappa shape index (κ3) is 4.28. The van der Waals surface area contributed by atoms with Crippen LogP contribution in [0.3, 0.4) is 0 Å². The zero-order chi connectivity index (χ0) is 21.3. The number of halogens is 2. The molecule has 0 spiro atoms. The first-order valence-corrected chi connectivity index (χ1v) is 8.92. The minimum absolute atomic E-state index is 0.212. The third-order valence-corrected chi connectivity index (χ3v) is 4.48. The van der Waals surface area contributed by atoms with Gasteiger partial charge in [-0.1, -0.05) is 23.2 Å². The molecule has 0 saturated heterocycles. The number of pyridine rings is 1. The number of aromatic hydroxyl groups is 1. The Hall–Kier alpha value is -3.23. The molecule has 3 N–H and O–H groups in total. The van der Waals surface area contributed by atoms with E-state index in [2.05, 4.69) is 5.32 Å². The van der Waals surface area contributed by atoms with Crippen LogP contribution in [-0.4, -0.2) is 33.2 Å². The van der Waals surface area contributed by atoms with Crippen molar-refractivity contribution in [2.45, 2.75) is 0 Å². The number of aryl methyl sites for hydroxylation is 1. The molecular formula is C19H14Cl2N2O6. The average Bonchev–Trinajstić information content (AvgIpc) is 2.64. The van der Waals surface area contributed by atoms with Crippen LogP contribution >= 0.6 is 23.2 Å². The first kappa shape index (κ1) is 20.5. The zero-order valence-corrected chi connectivity index (χ0v) is 16.4. The van der Waals surface area contributed by atoms with Gasteiger partial charge in [-0.3, -0.25) is 14.4 Å². The maximum atomic E-state index is 12.6. The van der Waals surface area contributed by atoms with Crippen molar-refractivity contribution >= 4 is 46.0 Å². The Labute approximate surface area is 173 Å². The molecule has 8 nitrogen and oxygen atoms in total. The van der Waals surface area contributed by atoms with Crippen LogP contribution in [0.5, 0.6) is 17.2 Å². The van der Waals surface area contributed by atoms with Crippen LogP contribution < -0.4 is 15.6 Å². The Bertz CT molecular complexity index is 1190. The number of hydrogen-bond acceptors (Lipinski definition) is 5. The van der Waals surface area contributed by atoms with E-state index < -0.39 is 35.3 Å². The van der Waals surface area contributed by atoms with Crippen molar-refractivity contribution in [3.05, 3.63) is 62.4 Å². The van der Waals surface area contributed by atoms with E-state index in [1.54, 1.807) is 18.2 Å². The van der Waals surface area contributed by atoms with Gasteiger partial charge < -0.3 is 24.8 Å². The Morgan fingerprint density at radius 1 is 1.10 bits per heavy atom. The minimum Gasteiger partial charge on any atom is -0.506 e. The van der Waals surface area contributed by atoms with E-state index in [0.717, 1.165) is 4.57 Å². The highest BCUT2D eigenvalue weighted by Gasteiger charge is 2.22. The van der Waals surface area contributed by atoms with Crippen LogP contribution in [-0.2, 0) is 11.8 Å². The van der Waals surface area contributed by atoms with E-state index >= 15 is 0 Å². The maximum absolute atomic E-state index is 12.6. The second kappa shape index (κ2) is 8.02. The predicted molar refractivity (Wildman–Crippen MR) is 107 cm³/mol. The van der Waals surface area contributed by atoms with Gasteiger partial charge in [0, 0.05) is 28.5 Å². The normalized spacial score (nSPS) is 10.7. The molecule has 150 valence electrons. The number of carbonyl (C=O) groups excluding carboxylic acids is 1. The van der Waals surface area contributed by atoms with Crippen molar-refractivity contribution in [2.75, 3.05) is 6.54 Å². The molecular weight excluding hydrogens is 423 g/mol. The number of nitrogens with one attached hydrogen (secondary N) is 1. The van der Waals surface area contributed by atoms with E-state index in [0.29, 0.717) is 27.1 Å². The molecule has 0 fully saturated rings. The number of carboxylic acid groups (broad SMARTS) is 1. The molecule has 0 aliphatic heterocycles. The molecule has 1 heterocycles. The van der Waals surface area contributed by atoms with Gasteiger partial charge in [-0.05, 0) is 30.3 Å². The van der Waals surface area contributed by atoms with Gasteiger partial charge in [0.1, 0.15) is 29.4 Å². The highest BCUT2D eigenvalue weighted by Crippen LogP contribution is 2.32. The number of aliphatic carboxylic acids is 1. The maximum Gasteiger partial charge on any atom is 0.322 e. The lowest BCUT2D eigenvalue weighted by molar-refractivity contribution is -0.135. The van der Waals surface area contributed by atoms with Gasteiger partial charge in [-0.2, -0.15) is 0 Å². The summed E-state index contributed by atoms with van der Waals surface area (Å²) in [6.07, 6.45) is 0. The summed E-state index contributed by atoms with van der Waals surface area (Å²) in [4.78, 5) is 35.4. The lowest BCUT2D eigenvalue weighted by atomic mass is 10.1.